The maximum Gasteiger partial charge on any atom is 0.236 e. The summed E-state index contributed by atoms with van der Waals surface area (Å²) in [7, 11) is 1.69. The molecule has 2 fully saturated rings. The number of methoxy groups -OCH3 is 1. The molecule has 1 aliphatic carbocycles. The topological polar surface area (TPSA) is 64.6 Å². The molecule has 1 heterocycles. The molecule has 1 N–H and O–H groups in total. The standard InChI is InChI=1S/C20H26ClNO4/c1-4-12-10-13(21)11-15(26-5-2)16(12)17-18(23)20(22-19(17)24)8-6-14(25-3)7-9-20/h10-11,14,17H,4-9H2,1-3H3,(H,22,24). The number of ketones is 1. The Labute approximate surface area is 159 Å². The van der Waals surface area contributed by atoms with Crippen LogP contribution in [0.25, 0.3) is 0 Å². The highest BCUT2D eigenvalue weighted by Gasteiger charge is 2.55. The zero-order chi connectivity index (χ0) is 18.9. The molecule has 1 unspecified atom stereocenters. The Morgan fingerprint density at radius 2 is 1.92 bits per heavy atom. The first-order chi connectivity index (χ1) is 12.5. The minimum absolute atomic E-state index is 0.0463. The molecule has 142 valence electrons. The van der Waals surface area contributed by atoms with E-state index in [0.29, 0.717) is 42.2 Å². The van der Waals surface area contributed by atoms with Gasteiger partial charge in [0.15, 0.2) is 5.78 Å². The van der Waals surface area contributed by atoms with Crippen molar-refractivity contribution < 1.29 is 19.1 Å². The van der Waals surface area contributed by atoms with Gasteiger partial charge in [0, 0.05) is 17.7 Å². The number of halogens is 1. The predicted octanol–water partition coefficient (Wildman–Crippen LogP) is 3.41. The largest absolute Gasteiger partial charge is 0.493 e. The van der Waals surface area contributed by atoms with E-state index in [9.17, 15) is 9.59 Å². The predicted molar refractivity (Wildman–Crippen MR) is 99.9 cm³/mol. The average Bonchev–Trinajstić information content (AvgIpc) is 2.86. The molecular weight excluding hydrogens is 354 g/mol. The van der Waals surface area contributed by atoms with E-state index in [0.717, 1.165) is 18.4 Å². The summed E-state index contributed by atoms with van der Waals surface area (Å²) >= 11 is 6.21. The zero-order valence-electron chi connectivity index (χ0n) is 15.6. The van der Waals surface area contributed by atoms with Gasteiger partial charge in [-0.2, -0.15) is 0 Å². The molecule has 0 bridgehead atoms. The molecule has 0 aromatic heterocycles. The first-order valence-electron chi connectivity index (χ1n) is 9.30. The number of aryl methyl sites for hydroxylation is 1. The van der Waals surface area contributed by atoms with Gasteiger partial charge in [-0.1, -0.05) is 18.5 Å². The summed E-state index contributed by atoms with van der Waals surface area (Å²) in [6.07, 6.45) is 3.61. The van der Waals surface area contributed by atoms with Gasteiger partial charge in [0.1, 0.15) is 11.7 Å². The van der Waals surface area contributed by atoms with Crippen LogP contribution in [0, 0.1) is 0 Å². The number of benzene rings is 1. The molecule has 5 nitrogen and oxygen atoms in total. The van der Waals surface area contributed by atoms with Crippen LogP contribution in [0.15, 0.2) is 12.1 Å². The molecule has 1 spiro atoms. The lowest BCUT2D eigenvalue weighted by atomic mass is 9.75. The lowest BCUT2D eigenvalue weighted by Crippen LogP contribution is -2.50. The van der Waals surface area contributed by atoms with E-state index in [1.54, 1.807) is 13.2 Å². The number of hydrogen-bond donors (Lipinski definition) is 1. The summed E-state index contributed by atoms with van der Waals surface area (Å²) in [4.78, 5) is 26.3. The molecule has 6 heteroatoms. The number of ether oxygens (including phenoxy) is 2. The van der Waals surface area contributed by atoms with Gasteiger partial charge in [-0.15, -0.1) is 0 Å². The quantitative estimate of drug-likeness (QED) is 0.796. The number of nitrogens with one attached hydrogen (secondary N) is 1. The van der Waals surface area contributed by atoms with Crippen molar-refractivity contribution in [3.05, 3.63) is 28.3 Å². The van der Waals surface area contributed by atoms with Gasteiger partial charge in [-0.3, -0.25) is 9.59 Å². The van der Waals surface area contributed by atoms with Crippen molar-refractivity contribution in [1.82, 2.24) is 5.32 Å². The first-order valence-corrected chi connectivity index (χ1v) is 9.67. The second kappa shape index (κ2) is 7.57. The van der Waals surface area contributed by atoms with Crippen molar-refractivity contribution in [2.45, 2.75) is 63.5 Å². The van der Waals surface area contributed by atoms with Gasteiger partial charge in [0.2, 0.25) is 5.91 Å². The maximum atomic E-state index is 13.4. The van der Waals surface area contributed by atoms with E-state index >= 15 is 0 Å². The van der Waals surface area contributed by atoms with Crippen LogP contribution >= 0.6 is 11.6 Å². The van der Waals surface area contributed by atoms with Crippen molar-refractivity contribution in [1.29, 1.82) is 0 Å². The minimum atomic E-state index is -0.831. The number of hydrogen-bond acceptors (Lipinski definition) is 4. The molecule has 1 amide bonds. The Kier molecular flexibility index (Phi) is 5.58. The van der Waals surface area contributed by atoms with E-state index in [1.807, 2.05) is 19.9 Å². The molecule has 0 radical (unpaired) electrons. The zero-order valence-corrected chi connectivity index (χ0v) is 16.3. The molecule has 3 rings (SSSR count). The summed E-state index contributed by atoms with van der Waals surface area (Å²) in [6, 6.07) is 3.53. The summed E-state index contributed by atoms with van der Waals surface area (Å²) in [5, 5.41) is 3.57. The average molecular weight is 380 g/mol. The molecule has 1 atom stereocenters. The normalized spacial score (nSPS) is 28.5. The fraction of sp³-hybridized carbons (Fsp3) is 0.600. The molecule has 1 aromatic rings. The molecule has 1 aromatic carbocycles. The minimum Gasteiger partial charge on any atom is -0.493 e. The Hall–Kier alpha value is -1.59. The van der Waals surface area contributed by atoms with Gasteiger partial charge in [0.25, 0.3) is 0 Å². The Bertz CT molecular complexity index is 710. The summed E-state index contributed by atoms with van der Waals surface area (Å²) < 4.78 is 11.2. The number of carbonyl (C=O) groups excluding carboxylic acids is 2. The van der Waals surface area contributed by atoms with Gasteiger partial charge >= 0.3 is 0 Å². The third-order valence-electron chi connectivity index (χ3n) is 5.64. The van der Waals surface area contributed by atoms with Crippen LogP contribution in [0.4, 0.5) is 0 Å². The highest BCUT2D eigenvalue weighted by Crippen LogP contribution is 2.43. The van der Waals surface area contributed by atoms with Crippen LogP contribution < -0.4 is 10.1 Å². The second-order valence-electron chi connectivity index (χ2n) is 7.07. The second-order valence-corrected chi connectivity index (χ2v) is 7.50. The highest BCUT2D eigenvalue weighted by molar-refractivity contribution is 6.31. The van der Waals surface area contributed by atoms with Crippen LogP contribution in [0.1, 0.15) is 56.6 Å². The van der Waals surface area contributed by atoms with Crippen LogP contribution in [0.2, 0.25) is 5.02 Å². The number of rotatable bonds is 5. The van der Waals surface area contributed by atoms with Crippen molar-refractivity contribution in [3.8, 4) is 5.75 Å². The van der Waals surface area contributed by atoms with Crippen LogP contribution in [0.5, 0.6) is 5.75 Å². The van der Waals surface area contributed by atoms with Crippen molar-refractivity contribution in [3.63, 3.8) is 0 Å². The van der Waals surface area contributed by atoms with Crippen LogP contribution in [-0.2, 0) is 20.7 Å². The third kappa shape index (κ3) is 3.23. The van der Waals surface area contributed by atoms with E-state index in [4.69, 9.17) is 21.1 Å². The number of Topliss-reactive ketones (excluding diaryl/α,β-unsaturated/α-hetero) is 1. The van der Waals surface area contributed by atoms with Crippen molar-refractivity contribution in [2.75, 3.05) is 13.7 Å². The van der Waals surface area contributed by atoms with Gasteiger partial charge in [-0.05, 0) is 56.7 Å². The SMILES string of the molecule is CCOc1cc(Cl)cc(CC)c1C1C(=O)NC2(CCC(OC)CC2)C1=O. The molecule has 1 saturated carbocycles. The first kappa shape index (κ1) is 19.2. The van der Waals surface area contributed by atoms with E-state index < -0.39 is 11.5 Å². The fourth-order valence-electron chi connectivity index (χ4n) is 4.26. The van der Waals surface area contributed by atoms with Crippen molar-refractivity contribution >= 4 is 23.3 Å². The third-order valence-corrected chi connectivity index (χ3v) is 5.86. The van der Waals surface area contributed by atoms with Gasteiger partial charge < -0.3 is 14.8 Å². The summed E-state index contributed by atoms with van der Waals surface area (Å²) in [5.41, 5.74) is 0.786. The van der Waals surface area contributed by atoms with Crippen LogP contribution in [0.3, 0.4) is 0 Å². The Morgan fingerprint density at radius 3 is 2.50 bits per heavy atom. The van der Waals surface area contributed by atoms with E-state index in [-0.39, 0.29) is 17.8 Å². The van der Waals surface area contributed by atoms with E-state index in [2.05, 4.69) is 5.32 Å². The fourth-order valence-corrected chi connectivity index (χ4v) is 4.49. The lowest BCUT2D eigenvalue weighted by Gasteiger charge is -2.35. The van der Waals surface area contributed by atoms with Gasteiger partial charge in [-0.25, -0.2) is 0 Å². The van der Waals surface area contributed by atoms with Crippen molar-refractivity contribution in [2.24, 2.45) is 0 Å². The molecular formula is C20H26ClNO4. The maximum absolute atomic E-state index is 13.4. The summed E-state index contributed by atoms with van der Waals surface area (Å²) in [5.74, 6) is -0.574. The summed E-state index contributed by atoms with van der Waals surface area (Å²) in [6.45, 7) is 4.31. The smallest absolute Gasteiger partial charge is 0.236 e. The lowest BCUT2D eigenvalue weighted by molar-refractivity contribution is -0.126. The molecule has 26 heavy (non-hydrogen) atoms. The van der Waals surface area contributed by atoms with E-state index in [1.165, 1.54) is 0 Å². The molecule has 2 aliphatic rings. The van der Waals surface area contributed by atoms with Crippen LogP contribution in [-0.4, -0.2) is 37.0 Å². The molecule has 1 saturated heterocycles. The molecule has 1 aliphatic heterocycles. The Balaban J connectivity index is 2.00. The van der Waals surface area contributed by atoms with Gasteiger partial charge in [0.05, 0.1) is 18.2 Å². The Morgan fingerprint density at radius 1 is 1.23 bits per heavy atom. The number of amides is 1. The highest BCUT2D eigenvalue weighted by atomic mass is 35.5. The monoisotopic (exact) mass is 379 g/mol. The number of carbonyl (C=O) groups is 2.